The number of anilines is 1. The Labute approximate surface area is 125 Å². The molecule has 116 valence electrons. The SMILES string of the molecule is Cn1ccnc(N2CCC[C@H](N[C@@H]3CCCOC3)C2)c1=O. The summed E-state index contributed by atoms with van der Waals surface area (Å²) in [6.07, 6.45) is 7.95. The summed E-state index contributed by atoms with van der Waals surface area (Å²) in [5, 5.41) is 3.69. The lowest BCUT2D eigenvalue weighted by atomic mass is 10.0. The van der Waals surface area contributed by atoms with Crippen LogP contribution in [0.4, 0.5) is 5.82 Å². The summed E-state index contributed by atoms with van der Waals surface area (Å²) < 4.78 is 7.12. The molecule has 0 bridgehead atoms. The summed E-state index contributed by atoms with van der Waals surface area (Å²) in [7, 11) is 1.77. The van der Waals surface area contributed by atoms with Crippen molar-refractivity contribution >= 4 is 5.82 Å². The first kappa shape index (κ1) is 14.5. The molecule has 1 N–H and O–H groups in total. The smallest absolute Gasteiger partial charge is 0.293 e. The first-order chi connectivity index (χ1) is 10.2. The molecule has 3 rings (SSSR count). The van der Waals surface area contributed by atoms with E-state index in [1.165, 1.54) is 6.42 Å². The Balaban J connectivity index is 1.65. The summed E-state index contributed by atoms with van der Waals surface area (Å²) in [6, 6.07) is 0.868. The highest BCUT2D eigenvalue weighted by atomic mass is 16.5. The number of nitrogens with one attached hydrogen (secondary N) is 1. The van der Waals surface area contributed by atoms with E-state index in [1.54, 1.807) is 24.0 Å². The molecule has 2 aliphatic heterocycles. The number of hydrogen-bond donors (Lipinski definition) is 1. The number of aryl methyl sites for hydroxylation is 1. The van der Waals surface area contributed by atoms with Crippen molar-refractivity contribution in [1.82, 2.24) is 14.9 Å². The van der Waals surface area contributed by atoms with Crippen molar-refractivity contribution < 1.29 is 4.74 Å². The summed E-state index contributed by atoms with van der Waals surface area (Å²) in [5.41, 5.74) is -0.0147. The van der Waals surface area contributed by atoms with Gasteiger partial charge in [-0.3, -0.25) is 4.79 Å². The van der Waals surface area contributed by atoms with Gasteiger partial charge in [-0.1, -0.05) is 0 Å². The Morgan fingerprint density at radius 2 is 2.19 bits per heavy atom. The minimum atomic E-state index is -0.0147. The molecule has 21 heavy (non-hydrogen) atoms. The van der Waals surface area contributed by atoms with Gasteiger partial charge in [0.1, 0.15) is 0 Å². The Morgan fingerprint density at radius 3 is 3.00 bits per heavy atom. The molecule has 1 aromatic rings. The van der Waals surface area contributed by atoms with Crippen LogP contribution in [0.2, 0.25) is 0 Å². The lowest BCUT2D eigenvalue weighted by Gasteiger charge is -2.36. The van der Waals surface area contributed by atoms with Gasteiger partial charge in [-0.2, -0.15) is 0 Å². The van der Waals surface area contributed by atoms with Crippen molar-refractivity contribution in [2.45, 2.75) is 37.8 Å². The zero-order chi connectivity index (χ0) is 14.7. The standard InChI is InChI=1S/C15H24N4O2/c1-18-8-6-16-14(15(18)20)19-7-2-4-12(10-19)17-13-5-3-9-21-11-13/h6,8,12-13,17H,2-5,7,9-11H2,1H3/t12-,13+/m0/s1. The highest BCUT2D eigenvalue weighted by Crippen LogP contribution is 2.16. The highest BCUT2D eigenvalue weighted by molar-refractivity contribution is 5.36. The van der Waals surface area contributed by atoms with Gasteiger partial charge in [0.05, 0.1) is 6.61 Å². The Hall–Kier alpha value is -1.40. The third-order valence-electron chi connectivity index (χ3n) is 4.35. The second-order valence-electron chi connectivity index (χ2n) is 6.03. The van der Waals surface area contributed by atoms with Crippen LogP contribution >= 0.6 is 0 Å². The molecule has 2 aliphatic rings. The van der Waals surface area contributed by atoms with Crippen LogP contribution in [-0.4, -0.2) is 47.9 Å². The van der Waals surface area contributed by atoms with Gasteiger partial charge in [0.2, 0.25) is 0 Å². The lowest BCUT2D eigenvalue weighted by molar-refractivity contribution is 0.0655. The lowest BCUT2D eigenvalue weighted by Crippen LogP contribution is -2.52. The number of nitrogens with zero attached hydrogens (tertiary/aromatic N) is 3. The Bertz CT molecular complexity index is 525. The summed E-state index contributed by atoms with van der Waals surface area (Å²) in [6.45, 7) is 3.45. The van der Waals surface area contributed by atoms with Crippen molar-refractivity contribution in [2.24, 2.45) is 7.05 Å². The number of ether oxygens (including phenoxy) is 1. The molecular formula is C15H24N4O2. The van der Waals surface area contributed by atoms with E-state index in [4.69, 9.17) is 4.74 Å². The normalized spacial score (nSPS) is 26.8. The van der Waals surface area contributed by atoms with Crippen molar-refractivity contribution in [3.63, 3.8) is 0 Å². The van der Waals surface area contributed by atoms with E-state index >= 15 is 0 Å². The van der Waals surface area contributed by atoms with Gasteiger partial charge < -0.3 is 19.5 Å². The molecule has 6 nitrogen and oxygen atoms in total. The van der Waals surface area contributed by atoms with Crippen LogP contribution in [0.3, 0.4) is 0 Å². The topological polar surface area (TPSA) is 59.4 Å². The molecular weight excluding hydrogens is 268 g/mol. The van der Waals surface area contributed by atoms with E-state index in [9.17, 15) is 4.79 Å². The summed E-state index contributed by atoms with van der Waals surface area (Å²) >= 11 is 0. The van der Waals surface area contributed by atoms with Gasteiger partial charge in [-0.25, -0.2) is 4.98 Å². The molecule has 0 spiro atoms. The van der Waals surface area contributed by atoms with Gasteiger partial charge >= 0.3 is 0 Å². The molecule has 2 atom stereocenters. The second-order valence-corrected chi connectivity index (χ2v) is 6.03. The van der Waals surface area contributed by atoms with Crippen LogP contribution in [0.5, 0.6) is 0 Å². The van der Waals surface area contributed by atoms with E-state index in [-0.39, 0.29) is 5.56 Å². The van der Waals surface area contributed by atoms with Gasteiger partial charge in [-0.05, 0) is 25.7 Å². The molecule has 0 aromatic carbocycles. The van der Waals surface area contributed by atoms with Gasteiger partial charge in [0, 0.05) is 51.2 Å². The van der Waals surface area contributed by atoms with Crippen molar-refractivity contribution in [3.05, 3.63) is 22.7 Å². The van der Waals surface area contributed by atoms with Crippen LogP contribution in [0.1, 0.15) is 25.7 Å². The fourth-order valence-corrected chi connectivity index (χ4v) is 3.21. The highest BCUT2D eigenvalue weighted by Gasteiger charge is 2.25. The predicted octanol–water partition coefficient (Wildman–Crippen LogP) is 0.518. The molecule has 1 aromatic heterocycles. The van der Waals surface area contributed by atoms with Crippen LogP contribution < -0.4 is 15.8 Å². The third kappa shape index (κ3) is 3.44. The zero-order valence-corrected chi connectivity index (χ0v) is 12.6. The Kier molecular flexibility index (Phi) is 4.55. The molecule has 2 fully saturated rings. The fraction of sp³-hybridized carbons (Fsp3) is 0.733. The van der Waals surface area contributed by atoms with E-state index in [0.717, 1.165) is 45.6 Å². The van der Waals surface area contributed by atoms with Crippen LogP contribution in [0, 0.1) is 0 Å². The quantitative estimate of drug-likeness (QED) is 0.880. The summed E-state index contributed by atoms with van der Waals surface area (Å²) in [5.74, 6) is 0.575. The van der Waals surface area contributed by atoms with Crippen molar-refractivity contribution in [1.29, 1.82) is 0 Å². The van der Waals surface area contributed by atoms with E-state index in [2.05, 4.69) is 15.2 Å². The Morgan fingerprint density at radius 1 is 1.33 bits per heavy atom. The number of hydrogen-bond acceptors (Lipinski definition) is 5. The van der Waals surface area contributed by atoms with Gasteiger partial charge in [0.25, 0.3) is 5.56 Å². The van der Waals surface area contributed by atoms with Crippen LogP contribution in [0.15, 0.2) is 17.2 Å². The number of piperidine rings is 1. The van der Waals surface area contributed by atoms with E-state index in [1.807, 2.05) is 0 Å². The number of rotatable bonds is 3. The maximum Gasteiger partial charge on any atom is 0.293 e. The molecule has 0 amide bonds. The molecule has 2 saturated heterocycles. The first-order valence-electron chi connectivity index (χ1n) is 7.84. The zero-order valence-electron chi connectivity index (χ0n) is 12.6. The average Bonchev–Trinajstić information content (AvgIpc) is 2.51. The van der Waals surface area contributed by atoms with Crippen LogP contribution in [-0.2, 0) is 11.8 Å². The molecule has 0 radical (unpaired) electrons. The monoisotopic (exact) mass is 292 g/mol. The molecule has 6 heteroatoms. The molecule has 0 unspecified atom stereocenters. The minimum absolute atomic E-state index is 0.0147. The van der Waals surface area contributed by atoms with Gasteiger partial charge in [0.15, 0.2) is 5.82 Å². The first-order valence-corrected chi connectivity index (χ1v) is 7.84. The van der Waals surface area contributed by atoms with Crippen molar-refractivity contribution in [3.8, 4) is 0 Å². The van der Waals surface area contributed by atoms with Gasteiger partial charge in [-0.15, -0.1) is 0 Å². The molecule has 0 saturated carbocycles. The predicted molar refractivity (Wildman–Crippen MR) is 81.7 cm³/mol. The van der Waals surface area contributed by atoms with E-state index in [0.29, 0.717) is 17.9 Å². The van der Waals surface area contributed by atoms with Crippen LogP contribution in [0.25, 0.3) is 0 Å². The maximum atomic E-state index is 12.2. The fourth-order valence-electron chi connectivity index (χ4n) is 3.21. The minimum Gasteiger partial charge on any atom is -0.380 e. The molecule has 0 aliphatic carbocycles. The maximum absolute atomic E-state index is 12.2. The third-order valence-corrected chi connectivity index (χ3v) is 4.35. The summed E-state index contributed by atoms with van der Waals surface area (Å²) in [4.78, 5) is 18.6. The van der Waals surface area contributed by atoms with E-state index < -0.39 is 0 Å². The second kappa shape index (κ2) is 6.58. The van der Waals surface area contributed by atoms with Crippen molar-refractivity contribution in [2.75, 3.05) is 31.2 Å². The largest absolute Gasteiger partial charge is 0.380 e. The average molecular weight is 292 g/mol. The number of aromatic nitrogens is 2. The molecule has 3 heterocycles.